The molecule has 0 atom stereocenters. The maximum Gasteiger partial charge on any atom is 0.338 e. The molecule has 196 valence electrons. The van der Waals surface area contributed by atoms with E-state index in [0.29, 0.717) is 16.9 Å². The lowest BCUT2D eigenvalue weighted by Crippen LogP contribution is -2.23. The van der Waals surface area contributed by atoms with Gasteiger partial charge in [-0.05, 0) is 79.2 Å². The molecule has 38 heavy (non-hydrogen) atoms. The average molecular weight is 537 g/mol. The summed E-state index contributed by atoms with van der Waals surface area (Å²) in [5, 5.41) is 13.4. The summed E-state index contributed by atoms with van der Waals surface area (Å²) in [6.45, 7) is 5.42. The first-order chi connectivity index (χ1) is 17.9. The average Bonchev–Trinajstić information content (AvgIpc) is 3.19. The molecule has 3 aromatic rings. The summed E-state index contributed by atoms with van der Waals surface area (Å²) in [5.74, 6) is -2.33. The number of nitrogens with zero attached hydrogens (tertiary/aromatic N) is 1. The van der Waals surface area contributed by atoms with E-state index < -0.39 is 35.7 Å². The van der Waals surface area contributed by atoms with Gasteiger partial charge in [-0.3, -0.25) is 9.59 Å². The predicted octanol–water partition coefficient (Wildman–Crippen LogP) is 5.43. The number of carboxylic acid groups (broad SMARTS) is 1. The Morgan fingerprint density at radius 1 is 1.03 bits per heavy atom. The minimum Gasteiger partial charge on any atom is -0.495 e. The Labute approximate surface area is 222 Å². The number of amides is 1. The van der Waals surface area contributed by atoms with Gasteiger partial charge in [-0.2, -0.15) is 0 Å². The molecule has 1 aliphatic heterocycles. The van der Waals surface area contributed by atoms with Gasteiger partial charge in [0.15, 0.2) is 5.17 Å². The molecule has 3 aromatic carbocycles. The van der Waals surface area contributed by atoms with E-state index in [1.165, 1.54) is 19.2 Å². The number of carboxylic acids is 1. The lowest BCUT2D eigenvalue weighted by molar-refractivity contribution is -0.136. The van der Waals surface area contributed by atoms with Crippen LogP contribution in [0.3, 0.4) is 0 Å². The fourth-order valence-electron chi connectivity index (χ4n) is 3.74. The molecule has 10 heteroatoms. The van der Waals surface area contributed by atoms with Gasteiger partial charge >= 0.3 is 11.9 Å². The van der Waals surface area contributed by atoms with Crippen molar-refractivity contribution in [3.05, 3.63) is 82.0 Å². The predicted molar refractivity (Wildman–Crippen MR) is 144 cm³/mol. The first kappa shape index (κ1) is 26.9. The molecule has 1 fully saturated rings. The summed E-state index contributed by atoms with van der Waals surface area (Å²) in [4.78, 5) is 40.6. The van der Waals surface area contributed by atoms with Crippen molar-refractivity contribution < 1.29 is 33.4 Å². The van der Waals surface area contributed by atoms with Crippen molar-refractivity contribution in [1.29, 1.82) is 0 Å². The van der Waals surface area contributed by atoms with Crippen LogP contribution in [0.5, 0.6) is 0 Å². The second-order valence-corrected chi connectivity index (χ2v) is 10.5. The van der Waals surface area contributed by atoms with E-state index in [-0.39, 0.29) is 21.3 Å². The highest BCUT2D eigenvalue weighted by Crippen LogP contribution is 2.35. The third-order valence-corrected chi connectivity index (χ3v) is 6.34. The second kappa shape index (κ2) is 10.7. The van der Waals surface area contributed by atoms with E-state index in [9.17, 15) is 18.8 Å². The zero-order chi connectivity index (χ0) is 27.6. The largest absolute Gasteiger partial charge is 0.495 e. The Morgan fingerprint density at radius 2 is 1.68 bits per heavy atom. The Bertz CT molecular complexity index is 1520. The maximum absolute atomic E-state index is 14.2. The van der Waals surface area contributed by atoms with Crippen LogP contribution in [0.25, 0.3) is 16.5 Å². The van der Waals surface area contributed by atoms with Gasteiger partial charge in [-0.1, -0.05) is 24.3 Å². The highest BCUT2D eigenvalue weighted by Gasteiger charge is 2.29. The summed E-state index contributed by atoms with van der Waals surface area (Å²) >= 11 is 1.05. The number of hydrogen-bond donors (Lipinski definition) is 2. The summed E-state index contributed by atoms with van der Waals surface area (Å²) in [7, 11) is 1.46. The molecule has 0 saturated carbocycles. The number of benzene rings is 3. The van der Waals surface area contributed by atoms with Crippen LogP contribution in [0, 0.1) is 5.82 Å². The van der Waals surface area contributed by atoms with Crippen molar-refractivity contribution >= 4 is 57.0 Å². The number of halogens is 1. The van der Waals surface area contributed by atoms with Crippen molar-refractivity contribution in [1.82, 2.24) is 5.32 Å². The Hall–Kier alpha value is -4.18. The van der Waals surface area contributed by atoms with Crippen molar-refractivity contribution in [3.8, 4) is 0 Å². The number of rotatable bonds is 6. The van der Waals surface area contributed by atoms with E-state index >= 15 is 0 Å². The molecular weight excluding hydrogens is 511 g/mol. The van der Waals surface area contributed by atoms with Crippen LogP contribution < -0.4 is 5.32 Å². The van der Waals surface area contributed by atoms with Gasteiger partial charge in [0, 0.05) is 5.56 Å². The highest BCUT2D eigenvalue weighted by molar-refractivity contribution is 8.18. The Balaban J connectivity index is 1.60. The number of carbonyl (C=O) groups is 3. The minimum atomic E-state index is -1.14. The molecule has 1 heterocycles. The van der Waals surface area contributed by atoms with Crippen molar-refractivity contribution in [2.45, 2.75) is 32.8 Å². The molecule has 8 nitrogen and oxygen atoms in total. The molecule has 1 saturated heterocycles. The number of esters is 1. The van der Waals surface area contributed by atoms with Gasteiger partial charge in [0.25, 0.3) is 5.91 Å². The summed E-state index contributed by atoms with van der Waals surface area (Å²) in [6, 6.07) is 14.6. The summed E-state index contributed by atoms with van der Waals surface area (Å²) in [6.07, 6.45) is -0.438. The number of fused-ring (bicyclic) bond motifs is 1. The second-order valence-electron chi connectivity index (χ2n) is 9.46. The number of aliphatic imine (C=N–C) groups is 1. The fraction of sp³-hybridized carbons (Fsp3) is 0.214. The lowest BCUT2D eigenvalue weighted by Gasteiger charge is -2.19. The highest BCUT2D eigenvalue weighted by atomic mass is 32.2. The SMILES string of the molecule is CO/C(=C1/SC(=Nc2ccc(CC(=O)O)c(F)c2)NC1=O)c1ccc2cc(C(=O)OC(C)(C)C)ccc2c1. The van der Waals surface area contributed by atoms with Crippen LogP contribution in [-0.2, 0) is 25.5 Å². The lowest BCUT2D eigenvalue weighted by atomic mass is 10.0. The van der Waals surface area contributed by atoms with Crippen LogP contribution in [0.15, 0.2) is 64.5 Å². The van der Waals surface area contributed by atoms with E-state index in [0.717, 1.165) is 28.6 Å². The third kappa shape index (κ3) is 6.20. The normalized spacial score (nSPS) is 15.9. The molecule has 1 amide bonds. The first-order valence-electron chi connectivity index (χ1n) is 11.6. The van der Waals surface area contributed by atoms with Gasteiger partial charge in [-0.15, -0.1) is 0 Å². The number of amidine groups is 1. The number of hydrogen-bond acceptors (Lipinski definition) is 7. The molecule has 0 spiro atoms. The molecule has 0 bridgehead atoms. The molecule has 0 aromatic heterocycles. The van der Waals surface area contributed by atoms with Crippen LogP contribution in [0.4, 0.5) is 10.1 Å². The molecule has 0 radical (unpaired) electrons. The van der Waals surface area contributed by atoms with Crippen LogP contribution in [0.2, 0.25) is 0 Å². The van der Waals surface area contributed by atoms with Crippen LogP contribution in [0.1, 0.15) is 42.3 Å². The number of aliphatic carboxylic acids is 1. The van der Waals surface area contributed by atoms with E-state index in [4.69, 9.17) is 14.6 Å². The number of ether oxygens (including phenoxy) is 2. The smallest absolute Gasteiger partial charge is 0.338 e. The molecular formula is C28H25FN2O6S. The third-order valence-electron chi connectivity index (χ3n) is 5.38. The summed E-state index contributed by atoms with van der Waals surface area (Å²) < 4.78 is 25.3. The van der Waals surface area contributed by atoms with E-state index in [1.54, 1.807) is 24.3 Å². The molecule has 0 aliphatic carbocycles. The number of nitrogens with one attached hydrogen (secondary N) is 1. The Morgan fingerprint density at radius 3 is 2.29 bits per heavy atom. The number of thioether (sulfide) groups is 1. The fourth-order valence-corrected chi connectivity index (χ4v) is 4.67. The van der Waals surface area contributed by atoms with Gasteiger partial charge in [0.2, 0.25) is 0 Å². The van der Waals surface area contributed by atoms with Crippen LogP contribution >= 0.6 is 11.8 Å². The Kier molecular flexibility index (Phi) is 7.54. The molecule has 2 N–H and O–H groups in total. The quantitative estimate of drug-likeness (QED) is 0.245. The molecule has 4 rings (SSSR count). The zero-order valence-corrected chi connectivity index (χ0v) is 21.9. The number of carbonyl (C=O) groups excluding carboxylic acids is 2. The standard InChI is InChI=1S/C28H25FN2O6S/c1-28(2,3)37-26(35)19-8-6-15-11-18(7-5-16(15)12-19)23(36-4)24-25(34)31-27(38-24)30-20-10-9-17(13-22(32)33)21(29)14-20/h5-12,14H,13H2,1-4H3,(H,32,33)(H,30,31,34)/b24-23+. The zero-order valence-electron chi connectivity index (χ0n) is 21.1. The van der Waals surface area contributed by atoms with Gasteiger partial charge < -0.3 is 19.9 Å². The van der Waals surface area contributed by atoms with E-state index in [2.05, 4.69) is 10.3 Å². The van der Waals surface area contributed by atoms with Crippen molar-refractivity contribution in [3.63, 3.8) is 0 Å². The van der Waals surface area contributed by atoms with Crippen molar-refractivity contribution in [2.24, 2.45) is 4.99 Å². The molecule has 0 unspecified atom stereocenters. The van der Waals surface area contributed by atoms with Crippen LogP contribution in [-0.4, -0.2) is 40.8 Å². The number of methoxy groups -OCH3 is 1. The van der Waals surface area contributed by atoms with E-state index in [1.807, 2.05) is 32.9 Å². The summed E-state index contributed by atoms with van der Waals surface area (Å²) in [5.41, 5.74) is 0.750. The monoisotopic (exact) mass is 536 g/mol. The van der Waals surface area contributed by atoms with Gasteiger partial charge in [0.1, 0.15) is 22.1 Å². The molecule has 1 aliphatic rings. The van der Waals surface area contributed by atoms with Crippen molar-refractivity contribution in [2.75, 3.05) is 7.11 Å². The van der Waals surface area contributed by atoms with Gasteiger partial charge in [-0.25, -0.2) is 14.2 Å². The maximum atomic E-state index is 14.2. The minimum absolute atomic E-state index is 0.0429. The first-order valence-corrected chi connectivity index (χ1v) is 12.4. The topological polar surface area (TPSA) is 114 Å². The van der Waals surface area contributed by atoms with Gasteiger partial charge in [0.05, 0.1) is 24.8 Å².